The number of ketones is 1. The number of carbonyl (C=O) groups excluding carboxylic acids is 1. The Kier molecular flexibility index (Phi) is 3.78. The van der Waals surface area contributed by atoms with Crippen molar-refractivity contribution in [1.29, 1.82) is 0 Å². The second kappa shape index (κ2) is 5.16. The number of benzene rings is 2. The molecule has 0 aromatic heterocycles. The van der Waals surface area contributed by atoms with Crippen molar-refractivity contribution in [1.82, 2.24) is 0 Å². The molecule has 2 aromatic rings. The Balaban J connectivity index is 2.51. The van der Waals surface area contributed by atoms with E-state index in [9.17, 15) is 13.6 Å². The van der Waals surface area contributed by atoms with Gasteiger partial charge in [0.25, 0.3) is 0 Å². The highest BCUT2D eigenvalue weighted by atomic mass is 79.9. The van der Waals surface area contributed by atoms with Crippen LogP contribution >= 0.6 is 27.5 Å². The van der Waals surface area contributed by atoms with Crippen LogP contribution in [-0.2, 0) is 0 Å². The molecule has 0 atom stereocenters. The molecule has 18 heavy (non-hydrogen) atoms. The van der Waals surface area contributed by atoms with Crippen LogP contribution in [0.1, 0.15) is 15.9 Å². The Morgan fingerprint density at radius 3 is 2.50 bits per heavy atom. The van der Waals surface area contributed by atoms with Crippen molar-refractivity contribution in [2.24, 2.45) is 0 Å². The normalized spacial score (nSPS) is 10.4. The Labute approximate surface area is 116 Å². The van der Waals surface area contributed by atoms with Crippen LogP contribution in [-0.4, -0.2) is 5.78 Å². The SMILES string of the molecule is O=C(c1ccc(Cl)cc1F)c1cccc(Br)c1F. The van der Waals surface area contributed by atoms with Gasteiger partial charge in [0.1, 0.15) is 11.6 Å². The van der Waals surface area contributed by atoms with Crippen molar-refractivity contribution in [3.8, 4) is 0 Å². The van der Waals surface area contributed by atoms with E-state index in [1.54, 1.807) is 0 Å². The van der Waals surface area contributed by atoms with E-state index in [0.717, 1.165) is 6.07 Å². The van der Waals surface area contributed by atoms with Gasteiger partial charge in [-0.15, -0.1) is 0 Å². The standard InChI is InChI=1S/C13H6BrClF2O/c14-10-3-1-2-9(12(10)17)13(18)8-5-4-7(15)6-11(8)16/h1-6H. The van der Waals surface area contributed by atoms with Crippen molar-refractivity contribution in [3.63, 3.8) is 0 Å². The first-order valence-corrected chi connectivity index (χ1v) is 6.11. The third kappa shape index (κ3) is 2.44. The van der Waals surface area contributed by atoms with Gasteiger partial charge in [0.15, 0.2) is 5.78 Å². The van der Waals surface area contributed by atoms with E-state index >= 15 is 0 Å². The van der Waals surface area contributed by atoms with Gasteiger partial charge in [-0.2, -0.15) is 0 Å². The zero-order chi connectivity index (χ0) is 13.3. The minimum atomic E-state index is -0.771. The zero-order valence-electron chi connectivity index (χ0n) is 8.88. The monoisotopic (exact) mass is 330 g/mol. The number of halogens is 4. The molecule has 1 nitrogen and oxygen atoms in total. The van der Waals surface area contributed by atoms with Gasteiger partial charge in [-0.3, -0.25) is 4.79 Å². The van der Waals surface area contributed by atoms with Crippen LogP contribution in [0.25, 0.3) is 0 Å². The van der Waals surface area contributed by atoms with Gasteiger partial charge in [0, 0.05) is 5.02 Å². The van der Waals surface area contributed by atoms with Crippen LogP contribution in [0.15, 0.2) is 40.9 Å². The summed E-state index contributed by atoms with van der Waals surface area (Å²) < 4.78 is 27.5. The molecule has 0 aliphatic carbocycles. The predicted octanol–water partition coefficient (Wildman–Crippen LogP) is 4.61. The second-order valence-electron chi connectivity index (χ2n) is 3.55. The van der Waals surface area contributed by atoms with E-state index in [1.165, 1.54) is 30.3 Å². The number of hydrogen-bond donors (Lipinski definition) is 0. The van der Waals surface area contributed by atoms with Crippen molar-refractivity contribution < 1.29 is 13.6 Å². The average molecular weight is 332 g/mol. The van der Waals surface area contributed by atoms with Gasteiger partial charge >= 0.3 is 0 Å². The lowest BCUT2D eigenvalue weighted by Crippen LogP contribution is -2.07. The molecule has 0 saturated heterocycles. The smallest absolute Gasteiger partial charge is 0.198 e. The fourth-order valence-electron chi connectivity index (χ4n) is 1.50. The lowest BCUT2D eigenvalue weighted by Gasteiger charge is -2.05. The van der Waals surface area contributed by atoms with Crippen LogP contribution in [0.3, 0.4) is 0 Å². The first-order chi connectivity index (χ1) is 8.50. The lowest BCUT2D eigenvalue weighted by atomic mass is 10.0. The molecule has 0 aliphatic heterocycles. The van der Waals surface area contributed by atoms with Crippen LogP contribution in [0.4, 0.5) is 8.78 Å². The molecule has 92 valence electrons. The highest BCUT2D eigenvalue weighted by Gasteiger charge is 2.18. The summed E-state index contributed by atoms with van der Waals surface area (Å²) in [6.45, 7) is 0. The molecule has 0 fully saturated rings. The van der Waals surface area contributed by atoms with Crippen LogP contribution in [0.5, 0.6) is 0 Å². The van der Waals surface area contributed by atoms with E-state index in [1.807, 2.05) is 0 Å². The maximum atomic E-state index is 13.7. The molecular formula is C13H6BrClF2O. The topological polar surface area (TPSA) is 17.1 Å². The van der Waals surface area contributed by atoms with Crippen molar-refractivity contribution in [2.75, 3.05) is 0 Å². The van der Waals surface area contributed by atoms with Crippen LogP contribution in [0.2, 0.25) is 5.02 Å². The van der Waals surface area contributed by atoms with Gasteiger partial charge in [-0.25, -0.2) is 8.78 Å². The highest BCUT2D eigenvalue weighted by Crippen LogP contribution is 2.23. The first-order valence-electron chi connectivity index (χ1n) is 4.94. The Morgan fingerprint density at radius 2 is 1.83 bits per heavy atom. The molecule has 0 bridgehead atoms. The van der Waals surface area contributed by atoms with Crippen LogP contribution in [0, 0.1) is 11.6 Å². The maximum absolute atomic E-state index is 13.7. The molecule has 0 radical (unpaired) electrons. The van der Waals surface area contributed by atoms with Gasteiger partial charge in [0.05, 0.1) is 15.6 Å². The largest absolute Gasteiger partial charge is 0.288 e. The number of hydrogen-bond acceptors (Lipinski definition) is 1. The minimum Gasteiger partial charge on any atom is -0.288 e. The Bertz CT molecular complexity index is 628. The third-order valence-corrected chi connectivity index (χ3v) is 3.22. The lowest BCUT2D eigenvalue weighted by molar-refractivity contribution is 0.103. The molecule has 0 amide bonds. The van der Waals surface area contributed by atoms with Crippen molar-refractivity contribution in [2.45, 2.75) is 0 Å². The van der Waals surface area contributed by atoms with Crippen molar-refractivity contribution >= 4 is 33.3 Å². The molecule has 2 rings (SSSR count). The summed E-state index contributed by atoms with van der Waals surface area (Å²) in [7, 11) is 0. The molecular weight excluding hydrogens is 325 g/mol. The molecule has 0 unspecified atom stereocenters. The predicted molar refractivity (Wildman–Crippen MR) is 68.9 cm³/mol. The van der Waals surface area contributed by atoms with Crippen LogP contribution < -0.4 is 0 Å². The van der Waals surface area contributed by atoms with E-state index < -0.39 is 17.4 Å². The van der Waals surface area contributed by atoms with Gasteiger partial charge in [-0.1, -0.05) is 17.7 Å². The summed E-state index contributed by atoms with van der Waals surface area (Å²) in [4.78, 5) is 12.0. The average Bonchev–Trinajstić information content (AvgIpc) is 2.32. The molecule has 0 N–H and O–H groups in total. The summed E-state index contributed by atoms with van der Waals surface area (Å²) >= 11 is 8.57. The van der Waals surface area contributed by atoms with E-state index in [0.29, 0.717) is 0 Å². The Hall–Kier alpha value is -1.26. The molecule has 0 saturated carbocycles. The zero-order valence-corrected chi connectivity index (χ0v) is 11.2. The van der Waals surface area contributed by atoms with E-state index in [4.69, 9.17) is 11.6 Å². The molecule has 0 aliphatic rings. The molecule has 0 spiro atoms. The maximum Gasteiger partial charge on any atom is 0.198 e. The third-order valence-electron chi connectivity index (χ3n) is 2.37. The van der Waals surface area contributed by atoms with Gasteiger partial charge < -0.3 is 0 Å². The van der Waals surface area contributed by atoms with Crippen molar-refractivity contribution in [3.05, 3.63) is 68.7 Å². The number of rotatable bonds is 2. The first kappa shape index (κ1) is 13.2. The van der Waals surface area contributed by atoms with Gasteiger partial charge in [0.2, 0.25) is 0 Å². The molecule has 2 aromatic carbocycles. The fraction of sp³-hybridized carbons (Fsp3) is 0. The van der Waals surface area contributed by atoms with E-state index in [2.05, 4.69) is 15.9 Å². The summed E-state index contributed by atoms with van der Waals surface area (Å²) in [6, 6.07) is 7.91. The minimum absolute atomic E-state index is 0.155. The summed E-state index contributed by atoms with van der Waals surface area (Å²) in [6.07, 6.45) is 0. The highest BCUT2D eigenvalue weighted by molar-refractivity contribution is 9.10. The summed E-state index contributed by atoms with van der Waals surface area (Å²) in [5.41, 5.74) is -0.401. The Morgan fingerprint density at radius 1 is 1.11 bits per heavy atom. The van der Waals surface area contributed by atoms with E-state index in [-0.39, 0.29) is 20.6 Å². The molecule has 5 heteroatoms. The quantitative estimate of drug-likeness (QED) is 0.734. The fourth-order valence-corrected chi connectivity index (χ4v) is 2.02. The summed E-state index contributed by atoms with van der Waals surface area (Å²) in [5.74, 6) is -2.20. The molecule has 0 heterocycles. The second-order valence-corrected chi connectivity index (χ2v) is 4.85. The van der Waals surface area contributed by atoms with Gasteiger partial charge in [-0.05, 0) is 46.3 Å². The number of carbonyl (C=O) groups is 1. The summed E-state index contributed by atoms with van der Waals surface area (Å²) in [5, 5.41) is 0.179.